The molecule has 114 valence electrons. The van der Waals surface area contributed by atoms with Gasteiger partial charge >= 0.3 is 10.1 Å². The molecule has 0 aromatic heterocycles. The molecule has 7 nitrogen and oxygen atoms in total. The van der Waals surface area contributed by atoms with Crippen molar-refractivity contribution in [1.82, 2.24) is 5.43 Å². The zero-order valence-corrected chi connectivity index (χ0v) is 12.9. The quantitative estimate of drug-likeness (QED) is 0.214. The lowest BCUT2D eigenvalue weighted by Crippen LogP contribution is -2.18. The molecule has 8 heteroatoms. The molecule has 0 fully saturated rings. The summed E-state index contributed by atoms with van der Waals surface area (Å²) in [6.45, 7) is 5.43. The van der Waals surface area contributed by atoms with Crippen LogP contribution in [0.5, 0.6) is 0 Å². The second-order valence-electron chi connectivity index (χ2n) is 4.35. The van der Waals surface area contributed by atoms with E-state index < -0.39 is 10.1 Å². The minimum absolute atomic E-state index is 0.0689. The summed E-state index contributed by atoms with van der Waals surface area (Å²) in [5.41, 5.74) is 4.27. The third-order valence-corrected chi connectivity index (χ3v) is 3.46. The Morgan fingerprint density at radius 1 is 1.29 bits per heavy atom. The average Bonchev–Trinajstić information content (AvgIpc) is 2.42. The molecule has 0 aliphatic carbocycles. The van der Waals surface area contributed by atoms with Crippen LogP contribution in [0.4, 0.5) is 0 Å². The molecule has 0 spiro atoms. The van der Waals surface area contributed by atoms with Gasteiger partial charge in [-0.25, -0.2) is 0 Å². The number of nitrogens with zero attached hydrogens (tertiary/aromatic N) is 2. The zero-order chi connectivity index (χ0) is 15.9. The molecular weight excluding hydrogens is 292 g/mol. The van der Waals surface area contributed by atoms with Crippen LogP contribution in [0.15, 0.2) is 51.7 Å². The lowest BCUT2D eigenvalue weighted by atomic mass is 10.2. The van der Waals surface area contributed by atoms with E-state index in [1.54, 1.807) is 26.0 Å². The highest BCUT2D eigenvalue weighted by Crippen LogP contribution is 2.13. The van der Waals surface area contributed by atoms with Gasteiger partial charge in [0.15, 0.2) is 5.84 Å². The van der Waals surface area contributed by atoms with Crippen LogP contribution in [0, 0.1) is 6.92 Å². The monoisotopic (exact) mass is 310 g/mol. The fourth-order valence-corrected chi connectivity index (χ4v) is 1.99. The van der Waals surface area contributed by atoms with Gasteiger partial charge in [0.25, 0.3) is 0 Å². The summed E-state index contributed by atoms with van der Waals surface area (Å²) < 4.78 is 28.5. The maximum Gasteiger partial charge on any atom is 0.338 e. The molecule has 1 rings (SSSR count). The van der Waals surface area contributed by atoms with Crippen molar-refractivity contribution >= 4 is 21.7 Å². The Morgan fingerprint density at radius 2 is 1.90 bits per heavy atom. The highest BCUT2D eigenvalue weighted by Gasteiger charge is 2.13. The van der Waals surface area contributed by atoms with Gasteiger partial charge in [-0.3, -0.25) is 5.43 Å². The molecule has 0 amide bonds. The first-order valence-electron chi connectivity index (χ1n) is 6.06. The van der Waals surface area contributed by atoms with E-state index >= 15 is 0 Å². The number of hydrogen-bond acceptors (Lipinski definition) is 6. The molecule has 0 aliphatic rings. The molecule has 0 bridgehead atoms. The molecule has 0 atom stereocenters. The molecule has 0 heterocycles. The van der Waals surface area contributed by atoms with Crippen molar-refractivity contribution in [2.45, 2.75) is 25.7 Å². The highest BCUT2D eigenvalue weighted by molar-refractivity contribution is 7.86. The topological polar surface area (TPSA) is 106 Å². The summed E-state index contributed by atoms with van der Waals surface area (Å²) in [5, 5.41) is 7.28. The zero-order valence-electron chi connectivity index (χ0n) is 12.1. The molecule has 0 saturated carbocycles. The van der Waals surface area contributed by atoms with Gasteiger partial charge in [0.2, 0.25) is 0 Å². The van der Waals surface area contributed by atoms with Crippen molar-refractivity contribution in [1.29, 1.82) is 0 Å². The second-order valence-corrected chi connectivity index (χ2v) is 5.92. The Hall–Kier alpha value is -2.35. The fraction of sp³-hybridized carbons (Fsp3) is 0.231. The average molecular weight is 310 g/mol. The lowest BCUT2D eigenvalue weighted by molar-refractivity contribution is 0.443. The van der Waals surface area contributed by atoms with Gasteiger partial charge in [0.05, 0.1) is 0 Å². The lowest BCUT2D eigenvalue weighted by Gasteiger charge is -2.03. The van der Waals surface area contributed by atoms with Crippen LogP contribution >= 0.6 is 0 Å². The Labute approximate surface area is 124 Å². The van der Waals surface area contributed by atoms with Crippen molar-refractivity contribution in [3.05, 3.63) is 42.2 Å². The first kappa shape index (κ1) is 16.7. The minimum atomic E-state index is -3.86. The second kappa shape index (κ2) is 7.44. The first-order chi connectivity index (χ1) is 9.85. The highest BCUT2D eigenvalue weighted by atomic mass is 32.2. The number of hydrazone groups is 2. The van der Waals surface area contributed by atoms with Gasteiger partial charge in [-0.05, 0) is 32.9 Å². The van der Waals surface area contributed by atoms with Gasteiger partial charge in [-0.15, -0.1) is 0 Å². The number of benzene rings is 1. The molecule has 0 radical (unpaired) electrons. The SMILES string of the molecule is CC(C)=NNC(/C=C\OS(=O)(=O)c1ccc(C)cc1)=N/N. The van der Waals surface area contributed by atoms with Crippen LogP contribution in [0.2, 0.25) is 0 Å². The van der Waals surface area contributed by atoms with E-state index in [0.717, 1.165) is 17.5 Å². The standard InChI is InChI=1S/C13H18N4O3S/c1-10(2)16-17-13(15-14)8-9-20-21(18,19)12-6-4-11(3)5-7-12/h4-9H,14H2,1-3H3,(H,15,17)/b9-8-. The van der Waals surface area contributed by atoms with Crippen molar-refractivity contribution < 1.29 is 12.6 Å². The van der Waals surface area contributed by atoms with Crippen LogP contribution in [0.3, 0.4) is 0 Å². The van der Waals surface area contributed by atoms with E-state index in [9.17, 15) is 8.42 Å². The third kappa shape index (κ3) is 5.65. The maximum atomic E-state index is 11.9. The van der Waals surface area contributed by atoms with E-state index in [1.165, 1.54) is 18.2 Å². The number of nitrogens with two attached hydrogens (primary N) is 1. The van der Waals surface area contributed by atoms with Crippen LogP contribution in [0.1, 0.15) is 19.4 Å². The summed E-state index contributed by atoms with van der Waals surface area (Å²) >= 11 is 0. The normalized spacial score (nSPS) is 12.2. The Morgan fingerprint density at radius 3 is 2.43 bits per heavy atom. The summed E-state index contributed by atoms with van der Waals surface area (Å²) in [6, 6.07) is 6.32. The number of nitrogens with one attached hydrogen (secondary N) is 1. The predicted octanol–water partition coefficient (Wildman–Crippen LogP) is 1.47. The first-order valence-corrected chi connectivity index (χ1v) is 7.47. The van der Waals surface area contributed by atoms with E-state index in [1.807, 2.05) is 6.92 Å². The number of amidine groups is 1. The fourth-order valence-electron chi connectivity index (χ4n) is 1.20. The smallest absolute Gasteiger partial charge is 0.338 e. The molecule has 21 heavy (non-hydrogen) atoms. The van der Waals surface area contributed by atoms with Gasteiger partial charge in [0.1, 0.15) is 11.2 Å². The summed E-state index contributed by atoms with van der Waals surface area (Å²) in [5.74, 6) is 5.30. The van der Waals surface area contributed by atoms with E-state index in [2.05, 4.69) is 15.6 Å². The Balaban J connectivity index is 2.74. The van der Waals surface area contributed by atoms with Crippen molar-refractivity contribution in [2.24, 2.45) is 16.0 Å². The number of aryl methyl sites for hydroxylation is 1. The Bertz CT molecular complexity index is 657. The van der Waals surface area contributed by atoms with E-state index in [0.29, 0.717) is 0 Å². The summed E-state index contributed by atoms with van der Waals surface area (Å²) in [6.07, 6.45) is 2.24. The van der Waals surface area contributed by atoms with Crippen LogP contribution < -0.4 is 11.3 Å². The van der Waals surface area contributed by atoms with Crippen LogP contribution in [-0.4, -0.2) is 20.0 Å². The molecule has 3 N–H and O–H groups in total. The molecule has 0 aliphatic heterocycles. The summed E-state index contributed by atoms with van der Waals surface area (Å²) in [4.78, 5) is 0.0689. The largest absolute Gasteiger partial charge is 0.387 e. The minimum Gasteiger partial charge on any atom is -0.387 e. The van der Waals surface area contributed by atoms with Gasteiger partial charge in [0, 0.05) is 11.8 Å². The number of rotatable bonds is 5. The maximum absolute atomic E-state index is 11.9. The number of hydrogen-bond donors (Lipinski definition) is 2. The molecular formula is C13H18N4O3S. The van der Waals surface area contributed by atoms with E-state index in [4.69, 9.17) is 10.0 Å². The predicted molar refractivity (Wildman–Crippen MR) is 82.1 cm³/mol. The van der Waals surface area contributed by atoms with E-state index in [-0.39, 0.29) is 10.7 Å². The van der Waals surface area contributed by atoms with Gasteiger partial charge in [-0.2, -0.15) is 18.6 Å². The van der Waals surface area contributed by atoms with Gasteiger partial charge in [-0.1, -0.05) is 17.7 Å². The van der Waals surface area contributed by atoms with Gasteiger partial charge < -0.3 is 10.0 Å². The van der Waals surface area contributed by atoms with Crippen LogP contribution in [-0.2, 0) is 14.3 Å². The molecule has 1 aromatic carbocycles. The van der Waals surface area contributed by atoms with Crippen molar-refractivity contribution in [3.63, 3.8) is 0 Å². The van der Waals surface area contributed by atoms with Crippen LogP contribution in [0.25, 0.3) is 0 Å². The molecule has 0 saturated heterocycles. The molecule has 1 aromatic rings. The summed E-state index contributed by atoms with van der Waals surface area (Å²) in [7, 11) is -3.86. The molecule has 0 unspecified atom stereocenters. The van der Waals surface area contributed by atoms with Crippen molar-refractivity contribution in [2.75, 3.05) is 0 Å². The van der Waals surface area contributed by atoms with Crippen molar-refractivity contribution in [3.8, 4) is 0 Å². The Kier molecular flexibility index (Phi) is 5.92. The third-order valence-electron chi connectivity index (χ3n) is 2.25.